The van der Waals surface area contributed by atoms with Crippen molar-refractivity contribution < 1.29 is 33.2 Å². The molecule has 3 fully saturated rings. The maximum Gasteiger partial charge on any atom is 0.411 e. The number of amides is 1. The van der Waals surface area contributed by atoms with E-state index in [0.717, 1.165) is 9.13 Å². The number of benzene rings is 1. The van der Waals surface area contributed by atoms with Crippen molar-refractivity contribution in [1.29, 1.82) is 0 Å². The fraction of sp³-hybridized carbons (Fsp3) is 0.708. The SMILES string of the molecule is CC(C)(C)OC(=O)N(Cc1ccccc1I)[C@@H]1[C@H]2OC(C)(C)O[C@H]2O[C@@H]1[C@H]1COC(C)(C)O1. The molecule has 3 heterocycles. The van der Waals surface area contributed by atoms with Crippen LogP contribution in [0.3, 0.4) is 0 Å². The van der Waals surface area contributed by atoms with E-state index in [4.69, 9.17) is 28.4 Å². The van der Waals surface area contributed by atoms with Gasteiger partial charge in [0.2, 0.25) is 0 Å². The van der Waals surface area contributed by atoms with Crippen LogP contribution < -0.4 is 0 Å². The second-order valence-electron chi connectivity index (χ2n) is 10.6. The number of carbonyl (C=O) groups is 1. The van der Waals surface area contributed by atoms with E-state index in [0.29, 0.717) is 13.2 Å². The zero-order chi connectivity index (χ0) is 24.2. The van der Waals surface area contributed by atoms with Crippen LogP contribution in [0.4, 0.5) is 4.79 Å². The molecule has 0 N–H and O–H groups in total. The molecule has 0 radical (unpaired) electrons. The number of hydrogen-bond acceptors (Lipinski definition) is 7. The van der Waals surface area contributed by atoms with Crippen molar-refractivity contribution in [2.24, 2.45) is 0 Å². The first kappa shape index (κ1) is 25.1. The summed E-state index contributed by atoms with van der Waals surface area (Å²) in [4.78, 5) is 15.3. The van der Waals surface area contributed by atoms with Crippen LogP contribution in [0.15, 0.2) is 24.3 Å². The minimum absolute atomic E-state index is 0.336. The lowest BCUT2D eigenvalue weighted by atomic mass is 10.0. The van der Waals surface area contributed by atoms with E-state index in [9.17, 15) is 4.79 Å². The molecule has 0 bridgehead atoms. The third-order valence-electron chi connectivity index (χ3n) is 5.74. The molecule has 0 unspecified atom stereocenters. The first-order valence-corrected chi connectivity index (χ1v) is 12.4. The Morgan fingerprint density at radius 3 is 2.39 bits per heavy atom. The van der Waals surface area contributed by atoms with Gasteiger partial charge in [-0.3, -0.25) is 4.90 Å². The largest absolute Gasteiger partial charge is 0.444 e. The fourth-order valence-corrected chi connectivity index (χ4v) is 5.04. The van der Waals surface area contributed by atoms with Crippen LogP contribution >= 0.6 is 22.6 Å². The molecule has 3 aliphatic rings. The van der Waals surface area contributed by atoms with Crippen LogP contribution in [-0.4, -0.2) is 65.4 Å². The summed E-state index contributed by atoms with van der Waals surface area (Å²) in [6.07, 6.45) is -2.45. The number of carbonyl (C=O) groups excluding carboxylic acids is 1. The van der Waals surface area contributed by atoms with Crippen molar-refractivity contribution in [1.82, 2.24) is 4.90 Å². The molecule has 33 heavy (non-hydrogen) atoms. The zero-order valence-corrected chi connectivity index (χ0v) is 22.5. The molecule has 1 aromatic carbocycles. The van der Waals surface area contributed by atoms with E-state index < -0.39 is 47.8 Å². The van der Waals surface area contributed by atoms with Crippen LogP contribution in [0, 0.1) is 3.57 Å². The molecular weight excluding hydrogens is 541 g/mol. The lowest BCUT2D eigenvalue weighted by Crippen LogP contribution is -2.55. The Balaban J connectivity index is 1.71. The highest BCUT2D eigenvalue weighted by Gasteiger charge is 2.61. The predicted molar refractivity (Wildman–Crippen MR) is 128 cm³/mol. The molecule has 8 nitrogen and oxygen atoms in total. The van der Waals surface area contributed by atoms with Gasteiger partial charge in [-0.15, -0.1) is 0 Å². The standard InChI is InChI=1S/C24H34INO7/c1-22(2,3)33-21(27)26(12-14-10-8-9-11-15(14)25)17-18(16-13-28-23(4,5)30-16)29-20-19(17)31-24(6,7)32-20/h8-11,16-20H,12-13H2,1-7H3/t16-,17+,18-,19-,20-/m1/s1. The lowest BCUT2D eigenvalue weighted by Gasteiger charge is -2.37. The Bertz CT molecular complexity index is 884. The number of fused-ring (bicyclic) bond motifs is 1. The molecule has 0 aliphatic carbocycles. The summed E-state index contributed by atoms with van der Waals surface area (Å²) in [5.41, 5.74) is 0.350. The van der Waals surface area contributed by atoms with E-state index in [1.165, 1.54) is 0 Å². The summed E-state index contributed by atoms with van der Waals surface area (Å²) in [6.45, 7) is 13.7. The number of rotatable bonds is 4. The molecule has 4 rings (SSSR count). The zero-order valence-electron chi connectivity index (χ0n) is 20.3. The summed E-state index contributed by atoms with van der Waals surface area (Å²) in [6, 6.07) is 7.47. The number of ether oxygens (including phenoxy) is 6. The van der Waals surface area contributed by atoms with Crippen molar-refractivity contribution in [3.63, 3.8) is 0 Å². The second-order valence-corrected chi connectivity index (χ2v) is 11.8. The Labute approximate surface area is 209 Å². The van der Waals surface area contributed by atoms with Crippen molar-refractivity contribution in [3.8, 4) is 0 Å². The number of halogens is 1. The average Bonchev–Trinajstić information content (AvgIpc) is 3.28. The molecule has 0 aromatic heterocycles. The summed E-state index contributed by atoms with van der Waals surface area (Å²) >= 11 is 2.28. The van der Waals surface area contributed by atoms with E-state index in [-0.39, 0.29) is 6.10 Å². The summed E-state index contributed by atoms with van der Waals surface area (Å²) in [5, 5.41) is 0. The molecule has 0 saturated carbocycles. The molecule has 5 atom stereocenters. The topological polar surface area (TPSA) is 75.7 Å². The Morgan fingerprint density at radius 1 is 1.09 bits per heavy atom. The van der Waals surface area contributed by atoms with Crippen molar-refractivity contribution in [2.75, 3.05) is 6.61 Å². The minimum Gasteiger partial charge on any atom is -0.444 e. The second kappa shape index (κ2) is 8.91. The van der Waals surface area contributed by atoms with Gasteiger partial charge >= 0.3 is 6.09 Å². The van der Waals surface area contributed by atoms with Crippen molar-refractivity contribution >= 4 is 28.7 Å². The third kappa shape index (κ3) is 5.65. The lowest BCUT2D eigenvalue weighted by molar-refractivity contribution is -0.227. The van der Waals surface area contributed by atoms with Crippen LogP contribution in [0.1, 0.15) is 54.0 Å². The molecule has 3 aliphatic heterocycles. The van der Waals surface area contributed by atoms with Gasteiger partial charge in [0, 0.05) is 3.57 Å². The van der Waals surface area contributed by atoms with Crippen LogP contribution in [0.5, 0.6) is 0 Å². The highest BCUT2D eigenvalue weighted by atomic mass is 127. The van der Waals surface area contributed by atoms with Gasteiger partial charge in [0.25, 0.3) is 0 Å². The van der Waals surface area contributed by atoms with E-state index in [1.54, 1.807) is 4.90 Å². The molecule has 3 saturated heterocycles. The Kier molecular flexibility index (Phi) is 6.78. The molecule has 0 spiro atoms. The summed E-state index contributed by atoms with van der Waals surface area (Å²) in [5.74, 6) is -1.56. The Morgan fingerprint density at radius 2 is 1.79 bits per heavy atom. The van der Waals surface area contributed by atoms with Gasteiger partial charge in [0.1, 0.15) is 23.9 Å². The highest BCUT2D eigenvalue weighted by Crippen LogP contribution is 2.43. The maximum absolute atomic E-state index is 13.6. The van der Waals surface area contributed by atoms with Gasteiger partial charge in [-0.05, 0) is 82.7 Å². The monoisotopic (exact) mass is 575 g/mol. The third-order valence-corrected chi connectivity index (χ3v) is 6.79. The number of nitrogens with zero attached hydrogens (tertiary/aromatic N) is 1. The van der Waals surface area contributed by atoms with Crippen molar-refractivity contribution in [3.05, 3.63) is 33.4 Å². The molecule has 184 valence electrons. The smallest absolute Gasteiger partial charge is 0.411 e. The molecular formula is C24H34INO7. The van der Waals surface area contributed by atoms with E-state index in [2.05, 4.69) is 22.6 Å². The van der Waals surface area contributed by atoms with Gasteiger partial charge in [0.05, 0.1) is 19.2 Å². The van der Waals surface area contributed by atoms with Gasteiger partial charge in [-0.2, -0.15) is 0 Å². The van der Waals surface area contributed by atoms with Gasteiger partial charge < -0.3 is 28.4 Å². The molecule has 1 aromatic rings. The van der Waals surface area contributed by atoms with Crippen LogP contribution in [-0.2, 0) is 35.0 Å². The average molecular weight is 575 g/mol. The summed E-state index contributed by atoms with van der Waals surface area (Å²) in [7, 11) is 0. The van der Waals surface area contributed by atoms with E-state index in [1.807, 2.05) is 72.7 Å². The maximum atomic E-state index is 13.6. The quantitative estimate of drug-likeness (QED) is 0.492. The molecule has 9 heteroatoms. The first-order chi connectivity index (χ1) is 15.2. The van der Waals surface area contributed by atoms with Gasteiger partial charge in [-0.1, -0.05) is 18.2 Å². The van der Waals surface area contributed by atoms with E-state index >= 15 is 0 Å². The van der Waals surface area contributed by atoms with Gasteiger partial charge in [0.15, 0.2) is 17.9 Å². The predicted octanol–water partition coefficient (Wildman–Crippen LogP) is 4.42. The first-order valence-electron chi connectivity index (χ1n) is 11.3. The fourth-order valence-electron chi connectivity index (χ4n) is 4.48. The van der Waals surface area contributed by atoms with Gasteiger partial charge in [-0.25, -0.2) is 4.79 Å². The highest BCUT2D eigenvalue weighted by molar-refractivity contribution is 14.1. The van der Waals surface area contributed by atoms with Crippen LogP contribution in [0.25, 0.3) is 0 Å². The Hall–Kier alpha value is -0.980. The van der Waals surface area contributed by atoms with Crippen LogP contribution in [0.2, 0.25) is 0 Å². The molecule has 1 amide bonds. The van der Waals surface area contributed by atoms with Crippen molar-refractivity contribution in [2.45, 2.75) is 103 Å². The number of hydrogen-bond donors (Lipinski definition) is 0. The normalized spacial score (nSPS) is 32.5. The summed E-state index contributed by atoms with van der Waals surface area (Å²) < 4.78 is 37.5. The minimum atomic E-state index is -0.828.